The van der Waals surface area contributed by atoms with Crippen molar-refractivity contribution in [2.24, 2.45) is 7.05 Å². The lowest BCUT2D eigenvalue weighted by Gasteiger charge is -1.98. The highest BCUT2D eigenvalue weighted by Crippen LogP contribution is 2.11. The second-order valence-electron chi connectivity index (χ2n) is 3.51. The van der Waals surface area contributed by atoms with Crippen LogP contribution in [0.4, 0.5) is 5.69 Å². The topological polar surface area (TPSA) is 46.9 Å². The summed E-state index contributed by atoms with van der Waals surface area (Å²) in [5.41, 5.74) is 2.56. The molecule has 0 fully saturated rings. The van der Waals surface area contributed by atoms with Gasteiger partial charge in [0.15, 0.2) is 0 Å². The molecule has 4 heteroatoms. The smallest absolute Gasteiger partial charge is 0.248 e. The SMILES string of the molecule is CC(C)=CC(=O)Nc1cn(C)nc1C. The first-order valence-electron chi connectivity index (χ1n) is 4.45. The third-order valence-electron chi connectivity index (χ3n) is 1.69. The molecule has 4 nitrogen and oxygen atoms in total. The molecule has 14 heavy (non-hydrogen) atoms. The van der Waals surface area contributed by atoms with Crippen molar-refractivity contribution in [2.45, 2.75) is 20.8 Å². The maximum Gasteiger partial charge on any atom is 0.248 e. The number of carbonyl (C=O) groups is 1. The van der Waals surface area contributed by atoms with E-state index in [0.717, 1.165) is 17.0 Å². The van der Waals surface area contributed by atoms with Crippen molar-refractivity contribution in [2.75, 3.05) is 5.32 Å². The normalized spacial score (nSPS) is 9.71. The van der Waals surface area contributed by atoms with Gasteiger partial charge in [0.2, 0.25) is 5.91 Å². The number of nitrogens with zero attached hydrogens (tertiary/aromatic N) is 2. The van der Waals surface area contributed by atoms with Crippen LogP contribution < -0.4 is 5.32 Å². The highest BCUT2D eigenvalue weighted by molar-refractivity contribution is 5.99. The second kappa shape index (κ2) is 4.09. The van der Waals surface area contributed by atoms with Gasteiger partial charge < -0.3 is 5.32 Å². The van der Waals surface area contributed by atoms with Crippen LogP contribution in [0.3, 0.4) is 0 Å². The zero-order valence-electron chi connectivity index (χ0n) is 8.96. The number of hydrogen-bond acceptors (Lipinski definition) is 2. The molecule has 1 aromatic heterocycles. The van der Waals surface area contributed by atoms with Crippen molar-refractivity contribution >= 4 is 11.6 Å². The highest BCUT2D eigenvalue weighted by Gasteiger charge is 2.04. The Balaban J connectivity index is 2.74. The molecular weight excluding hydrogens is 178 g/mol. The first-order chi connectivity index (χ1) is 6.49. The van der Waals surface area contributed by atoms with Gasteiger partial charge in [0.05, 0.1) is 11.4 Å². The average molecular weight is 193 g/mol. The van der Waals surface area contributed by atoms with Crippen LogP contribution in [-0.2, 0) is 11.8 Å². The van der Waals surface area contributed by atoms with Gasteiger partial charge in [-0.2, -0.15) is 5.10 Å². The van der Waals surface area contributed by atoms with Crippen molar-refractivity contribution in [3.8, 4) is 0 Å². The summed E-state index contributed by atoms with van der Waals surface area (Å²) in [7, 11) is 1.82. The minimum atomic E-state index is -0.110. The van der Waals surface area contributed by atoms with Gasteiger partial charge in [0.1, 0.15) is 0 Å². The Morgan fingerprint density at radius 1 is 1.57 bits per heavy atom. The van der Waals surface area contributed by atoms with Gasteiger partial charge in [0, 0.05) is 19.3 Å². The number of allylic oxidation sites excluding steroid dienone is 1. The summed E-state index contributed by atoms with van der Waals surface area (Å²) < 4.78 is 1.67. The van der Waals surface area contributed by atoms with Crippen molar-refractivity contribution in [3.63, 3.8) is 0 Å². The highest BCUT2D eigenvalue weighted by atomic mass is 16.1. The van der Waals surface area contributed by atoms with E-state index in [9.17, 15) is 4.79 Å². The Bertz CT molecular complexity index is 373. The number of aryl methyl sites for hydroxylation is 2. The zero-order chi connectivity index (χ0) is 10.7. The van der Waals surface area contributed by atoms with Gasteiger partial charge in [-0.1, -0.05) is 5.57 Å². The van der Waals surface area contributed by atoms with Crippen LogP contribution in [0, 0.1) is 6.92 Å². The molecule has 0 atom stereocenters. The predicted molar refractivity (Wildman–Crippen MR) is 56.0 cm³/mol. The average Bonchev–Trinajstić information content (AvgIpc) is 2.28. The van der Waals surface area contributed by atoms with Gasteiger partial charge in [-0.25, -0.2) is 0 Å². The Morgan fingerprint density at radius 2 is 2.21 bits per heavy atom. The maximum absolute atomic E-state index is 11.4. The van der Waals surface area contributed by atoms with Crippen molar-refractivity contribution in [3.05, 3.63) is 23.5 Å². The van der Waals surface area contributed by atoms with E-state index in [1.165, 1.54) is 0 Å². The molecule has 0 unspecified atom stereocenters. The van der Waals surface area contributed by atoms with Crippen molar-refractivity contribution in [1.29, 1.82) is 0 Å². The summed E-state index contributed by atoms with van der Waals surface area (Å²) in [6.45, 7) is 5.63. The van der Waals surface area contributed by atoms with Crippen LogP contribution in [-0.4, -0.2) is 15.7 Å². The summed E-state index contributed by atoms with van der Waals surface area (Å²) in [5.74, 6) is -0.110. The van der Waals surface area contributed by atoms with Gasteiger partial charge in [-0.15, -0.1) is 0 Å². The monoisotopic (exact) mass is 193 g/mol. The number of aromatic nitrogens is 2. The Kier molecular flexibility index (Phi) is 3.06. The summed E-state index contributed by atoms with van der Waals surface area (Å²) in [5, 5.41) is 6.89. The Labute approximate surface area is 83.6 Å². The van der Waals surface area contributed by atoms with E-state index in [0.29, 0.717) is 0 Å². The lowest BCUT2D eigenvalue weighted by atomic mass is 10.3. The van der Waals surface area contributed by atoms with Gasteiger partial charge in [-0.05, 0) is 20.8 Å². The molecule has 1 N–H and O–H groups in total. The number of carbonyl (C=O) groups excluding carboxylic acids is 1. The first-order valence-corrected chi connectivity index (χ1v) is 4.45. The molecule has 0 aliphatic heterocycles. The van der Waals surface area contributed by atoms with Crippen LogP contribution in [0.25, 0.3) is 0 Å². The summed E-state index contributed by atoms with van der Waals surface area (Å²) in [6.07, 6.45) is 3.35. The minimum Gasteiger partial charge on any atom is -0.320 e. The molecule has 1 rings (SSSR count). The summed E-state index contributed by atoms with van der Waals surface area (Å²) in [4.78, 5) is 11.4. The molecule has 0 saturated heterocycles. The third-order valence-corrected chi connectivity index (χ3v) is 1.69. The van der Waals surface area contributed by atoms with Crippen LogP contribution in [0.15, 0.2) is 17.8 Å². The van der Waals surface area contributed by atoms with Crippen LogP contribution in [0.1, 0.15) is 19.5 Å². The fraction of sp³-hybridized carbons (Fsp3) is 0.400. The standard InChI is InChI=1S/C10H15N3O/c1-7(2)5-10(14)11-9-6-13(4)12-8(9)3/h5-6H,1-4H3,(H,11,14). The molecule has 0 aliphatic carbocycles. The molecule has 1 heterocycles. The quantitative estimate of drug-likeness (QED) is 0.726. The van der Waals surface area contributed by atoms with Gasteiger partial charge in [0.25, 0.3) is 0 Å². The lowest BCUT2D eigenvalue weighted by molar-refractivity contribution is -0.111. The third kappa shape index (κ3) is 2.73. The van der Waals surface area contributed by atoms with Crippen molar-refractivity contribution in [1.82, 2.24) is 9.78 Å². The summed E-state index contributed by atoms with van der Waals surface area (Å²) in [6, 6.07) is 0. The fourth-order valence-electron chi connectivity index (χ4n) is 1.15. The molecule has 0 spiro atoms. The Hall–Kier alpha value is -1.58. The molecule has 0 aromatic carbocycles. The molecule has 1 amide bonds. The molecule has 1 aromatic rings. The number of nitrogens with one attached hydrogen (secondary N) is 1. The number of hydrogen-bond donors (Lipinski definition) is 1. The largest absolute Gasteiger partial charge is 0.320 e. The van der Waals surface area contributed by atoms with E-state index >= 15 is 0 Å². The molecule has 0 saturated carbocycles. The van der Waals surface area contributed by atoms with E-state index in [-0.39, 0.29) is 5.91 Å². The first kappa shape index (κ1) is 10.5. The molecule has 0 bridgehead atoms. The molecule has 76 valence electrons. The number of rotatable bonds is 2. The van der Waals surface area contributed by atoms with Crippen LogP contribution >= 0.6 is 0 Å². The maximum atomic E-state index is 11.4. The van der Waals surface area contributed by atoms with Gasteiger partial charge in [-0.3, -0.25) is 9.48 Å². The molecular formula is C10H15N3O. The van der Waals surface area contributed by atoms with Crippen LogP contribution in [0.5, 0.6) is 0 Å². The van der Waals surface area contributed by atoms with E-state index in [2.05, 4.69) is 10.4 Å². The summed E-state index contributed by atoms with van der Waals surface area (Å²) >= 11 is 0. The van der Waals surface area contributed by atoms with E-state index < -0.39 is 0 Å². The minimum absolute atomic E-state index is 0.110. The van der Waals surface area contributed by atoms with E-state index in [1.807, 2.05) is 27.8 Å². The number of anilines is 1. The fourth-order valence-corrected chi connectivity index (χ4v) is 1.15. The molecule has 0 aliphatic rings. The molecule has 0 radical (unpaired) electrons. The van der Waals surface area contributed by atoms with Crippen molar-refractivity contribution < 1.29 is 4.79 Å². The lowest BCUT2D eigenvalue weighted by Crippen LogP contribution is -2.08. The van der Waals surface area contributed by atoms with Gasteiger partial charge >= 0.3 is 0 Å². The number of amides is 1. The second-order valence-corrected chi connectivity index (χ2v) is 3.51. The zero-order valence-corrected chi connectivity index (χ0v) is 8.96. The van der Waals surface area contributed by atoms with Crippen LogP contribution in [0.2, 0.25) is 0 Å². The Morgan fingerprint density at radius 3 is 2.64 bits per heavy atom. The van der Waals surface area contributed by atoms with E-state index in [4.69, 9.17) is 0 Å². The predicted octanol–water partition coefficient (Wildman–Crippen LogP) is 1.63. The van der Waals surface area contributed by atoms with E-state index in [1.54, 1.807) is 17.0 Å².